The van der Waals surface area contributed by atoms with Crippen molar-refractivity contribution in [3.63, 3.8) is 0 Å². The normalized spacial score (nSPS) is 32.8. The van der Waals surface area contributed by atoms with Crippen LogP contribution in [-0.2, 0) is 4.74 Å². The van der Waals surface area contributed by atoms with Crippen molar-refractivity contribution in [1.82, 2.24) is 0 Å². The van der Waals surface area contributed by atoms with E-state index < -0.39 is 0 Å². The topological polar surface area (TPSA) is 24.8 Å². The van der Waals surface area contributed by atoms with Gasteiger partial charge >= 0.3 is 0 Å². The molecular weight excluding hydrogens is 200 g/mol. The van der Waals surface area contributed by atoms with Crippen molar-refractivity contribution < 1.29 is 4.74 Å². The minimum absolute atomic E-state index is 0.182. The molecule has 0 amide bonds. The Morgan fingerprint density at radius 3 is 2.69 bits per heavy atom. The summed E-state index contributed by atoms with van der Waals surface area (Å²) in [7, 11) is 0. The quantitative estimate of drug-likeness (QED) is 0.719. The van der Waals surface area contributed by atoms with Gasteiger partial charge in [0.15, 0.2) is 0 Å². The van der Waals surface area contributed by atoms with Gasteiger partial charge in [-0.3, -0.25) is 5.01 Å². The molecule has 0 unspecified atom stereocenters. The Morgan fingerprint density at radius 2 is 2.00 bits per heavy atom. The Labute approximate surface area is 95.7 Å². The first kappa shape index (κ1) is 9.85. The van der Waals surface area contributed by atoms with Crippen molar-refractivity contribution in [2.45, 2.75) is 26.0 Å². The molecule has 1 fully saturated rings. The predicted molar refractivity (Wildman–Crippen MR) is 64.7 cm³/mol. The summed E-state index contributed by atoms with van der Waals surface area (Å²) in [6.07, 6.45) is 0.182. The molecule has 0 bridgehead atoms. The van der Waals surface area contributed by atoms with Crippen LogP contribution in [0.4, 0.5) is 5.69 Å². The maximum absolute atomic E-state index is 5.62. The van der Waals surface area contributed by atoms with Gasteiger partial charge in [-0.15, -0.1) is 0 Å². The summed E-state index contributed by atoms with van der Waals surface area (Å²) in [5.74, 6) is 0.468. The molecule has 0 aromatic heterocycles. The van der Waals surface area contributed by atoms with Gasteiger partial charge < -0.3 is 4.74 Å². The molecule has 16 heavy (non-hydrogen) atoms. The Balaban J connectivity index is 1.94. The molecule has 2 aliphatic heterocycles. The van der Waals surface area contributed by atoms with E-state index in [0.717, 1.165) is 6.61 Å². The zero-order valence-electron chi connectivity index (χ0n) is 9.63. The van der Waals surface area contributed by atoms with Crippen molar-refractivity contribution in [2.75, 3.05) is 11.6 Å². The van der Waals surface area contributed by atoms with Crippen LogP contribution in [-0.4, -0.2) is 24.5 Å². The van der Waals surface area contributed by atoms with E-state index in [4.69, 9.17) is 9.84 Å². The molecule has 3 rings (SSSR count). The summed E-state index contributed by atoms with van der Waals surface area (Å²) in [5, 5.41) is 6.83. The number of fused-ring (bicyclic) bond motifs is 1. The van der Waals surface area contributed by atoms with E-state index in [0.29, 0.717) is 12.0 Å². The highest BCUT2D eigenvalue weighted by atomic mass is 16.5. The lowest BCUT2D eigenvalue weighted by Crippen LogP contribution is -2.30. The molecule has 3 nitrogen and oxygen atoms in total. The fraction of sp³-hybridized carbons (Fsp3) is 0.462. The fourth-order valence-electron chi connectivity index (χ4n) is 2.52. The summed E-state index contributed by atoms with van der Waals surface area (Å²) in [6.45, 7) is 5.11. The molecular formula is C13H16N2O. The highest BCUT2D eigenvalue weighted by Gasteiger charge is 2.42. The number of ether oxygens (including phenoxy) is 1. The molecule has 0 radical (unpaired) electrons. The van der Waals surface area contributed by atoms with Crippen LogP contribution >= 0.6 is 0 Å². The number of rotatable bonds is 1. The van der Waals surface area contributed by atoms with Gasteiger partial charge in [-0.25, -0.2) is 0 Å². The van der Waals surface area contributed by atoms with Gasteiger partial charge in [0.25, 0.3) is 0 Å². The van der Waals surface area contributed by atoms with Crippen molar-refractivity contribution in [1.29, 1.82) is 0 Å². The average Bonchev–Trinajstić information content (AvgIpc) is 2.83. The van der Waals surface area contributed by atoms with Crippen LogP contribution in [0.5, 0.6) is 0 Å². The Kier molecular flexibility index (Phi) is 2.21. The molecule has 0 aliphatic carbocycles. The van der Waals surface area contributed by atoms with Gasteiger partial charge in [0.1, 0.15) is 0 Å². The number of anilines is 1. The second-order valence-corrected chi connectivity index (χ2v) is 4.53. The molecule has 3 heteroatoms. The first-order valence-corrected chi connectivity index (χ1v) is 5.81. The van der Waals surface area contributed by atoms with Crippen molar-refractivity contribution in [3.05, 3.63) is 30.3 Å². The SMILES string of the molecule is C[C@@H]1OC[C@@H]2C1=NN(c1ccccc1)[C@H]2C. The number of nitrogens with zero attached hydrogens (tertiary/aromatic N) is 2. The number of benzene rings is 1. The predicted octanol–water partition coefficient (Wildman–Crippen LogP) is 2.29. The zero-order valence-corrected chi connectivity index (χ0v) is 9.63. The first-order chi connectivity index (χ1) is 7.77. The van der Waals surface area contributed by atoms with Crippen molar-refractivity contribution in [2.24, 2.45) is 11.0 Å². The van der Waals surface area contributed by atoms with Crippen LogP contribution in [0, 0.1) is 5.92 Å². The lowest BCUT2D eigenvalue weighted by molar-refractivity contribution is 0.127. The number of hydrogen-bond acceptors (Lipinski definition) is 3. The van der Waals surface area contributed by atoms with E-state index in [1.807, 2.05) is 6.07 Å². The minimum atomic E-state index is 0.182. The average molecular weight is 216 g/mol. The van der Waals surface area contributed by atoms with E-state index in [-0.39, 0.29) is 6.10 Å². The number of hydrazone groups is 1. The summed E-state index contributed by atoms with van der Waals surface area (Å²) in [5.41, 5.74) is 2.38. The maximum atomic E-state index is 5.62. The summed E-state index contributed by atoms with van der Waals surface area (Å²) >= 11 is 0. The van der Waals surface area contributed by atoms with Crippen LogP contribution in [0.3, 0.4) is 0 Å². The largest absolute Gasteiger partial charge is 0.372 e. The third-order valence-corrected chi connectivity index (χ3v) is 3.53. The van der Waals surface area contributed by atoms with E-state index >= 15 is 0 Å². The van der Waals surface area contributed by atoms with Gasteiger partial charge in [-0.1, -0.05) is 18.2 Å². The fourth-order valence-corrected chi connectivity index (χ4v) is 2.52. The van der Waals surface area contributed by atoms with E-state index in [9.17, 15) is 0 Å². The molecule has 2 heterocycles. The molecule has 1 saturated heterocycles. The number of para-hydroxylation sites is 1. The van der Waals surface area contributed by atoms with Gasteiger partial charge in [-0.05, 0) is 26.0 Å². The smallest absolute Gasteiger partial charge is 0.0950 e. The molecule has 84 valence electrons. The Hall–Kier alpha value is -1.35. The van der Waals surface area contributed by atoms with E-state index in [1.54, 1.807) is 0 Å². The molecule has 0 spiro atoms. The monoisotopic (exact) mass is 216 g/mol. The van der Waals surface area contributed by atoms with Gasteiger partial charge in [0, 0.05) is 5.92 Å². The van der Waals surface area contributed by atoms with Crippen LogP contribution in [0.15, 0.2) is 35.4 Å². The lowest BCUT2D eigenvalue weighted by Gasteiger charge is -2.23. The molecule has 1 aromatic carbocycles. The molecule has 0 saturated carbocycles. The third-order valence-electron chi connectivity index (χ3n) is 3.53. The van der Waals surface area contributed by atoms with Crippen LogP contribution in [0.1, 0.15) is 13.8 Å². The van der Waals surface area contributed by atoms with Gasteiger partial charge in [-0.2, -0.15) is 5.10 Å². The van der Waals surface area contributed by atoms with Crippen LogP contribution in [0.2, 0.25) is 0 Å². The molecule has 2 aliphatic rings. The summed E-state index contributed by atoms with van der Waals surface area (Å²) < 4.78 is 5.62. The molecule has 3 atom stereocenters. The van der Waals surface area contributed by atoms with Crippen molar-refractivity contribution >= 4 is 11.4 Å². The van der Waals surface area contributed by atoms with E-state index in [2.05, 4.69) is 43.1 Å². The second-order valence-electron chi connectivity index (χ2n) is 4.53. The summed E-state index contributed by atoms with van der Waals surface area (Å²) in [6, 6.07) is 10.7. The van der Waals surface area contributed by atoms with Gasteiger partial charge in [0.05, 0.1) is 30.2 Å². The number of hydrogen-bond donors (Lipinski definition) is 0. The minimum Gasteiger partial charge on any atom is -0.372 e. The van der Waals surface area contributed by atoms with Gasteiger partial charge in [0.2, 0.25) is 0 Å². The zero-order chi connectivity index (χ0) is 11.1. The molecule has 0 N–H and O–H groups in total. The first-order valence-electron chi connectivity index (χ1n) is 5.81. The van der Waals surface area contributed by atoms with Crippen molar-refractivity contribution in [3.8, 4) is 0 Å². The Morgan fingerprint density at radius 1 is 1.25 bits per heavy atom. The summed E-state index contributed by atoms with van der Waals surface area (Å²) in [4.78, 5) is 0. The highest BCUT2D eigenvalue weighted by Crippen LogP contribution is 2.33. The Bertz CT molecular complexity index is 415. The standard InChI is InChI=1S/C13H16N2O/c1-9-12-8-16-10(2)13(12)14-15(9)11-6-4-3-5-7-11/h3-7,9-10,12H,8H2,1-2H3/t9-,10-,12-/m0/s1. The second kappa shape index (κ2) is 3.59. The van der Waals surface area contributed by atoms with E-state index in [1.165, 1.54) is 11.4 Å². The van der Waals surface area contributed by atoms with Crippen LogP contribution < -0.4 is 5.01 Å². The highest BCUT2D eigenvalue weighted by molar-refractivity contribution is 5.95. The lowest BCUT2D eigenvalue weighted by atomic mass is 9.97. The molecule has 1 aromatic rings. The van der Waals surface area contributed by atoms with Crippen LogP contribution in [0.25, 0.3) is 0 Å². The third kappa shape index (κ3) is 1.35. The maximum Gasteiger partial charge on any atom is 0.0950 e.